The first-order valence-corrected chi connectivity index (χ1v) is 7.75. The lowest BCUT2D eigenvalue weighted by Crippen LogP contribution is -2.53. The van der Waals surface area contributed by atoms with E-state index in [4.69, 9.17) is 0 Å². The third-order valence-corrected chi connectivity index (χ3v) is 5.21. The molecule has 3 aliphatic rings. The van der Waals surface area contributed by atoms with Crippen molar-refractivity contribution >= 4 is 5.91 Å². The molecule has 1 amide bonds. The molecule has 0 radical (unpaired) electrons. The van der Waals surface area contributed by atoms with Crippen LogP contribution in [0.1, 0.15) is 25.7 Å². The lowest BCUT2D eigenvalue weighted by atomic mass is 9.84. The number of amides is 1. The molecule has 3 rings (SSSR count). The fraction of sp³-hybridized carbons (Fsp3) is 0.929. The molecule has 0 spiro atoms. The number of hydrogen-bond acceptors (Lipinski definition) is 3. The van der Waals surface area contributed by atoms with Gasteiger partial charge in [-0.05, 0) is 45.3 Å². The number of likely N-dealkylation sites (tertiary alicyclic amines) is 2. The second kappa shape index (κ2) is 5.43. The van der Waals surface area contributed by atoms with Gasteiger partial charge in [-0.15, -0.1) is 0 Å². The summed E-state index contributed by atoms with van der Waals surface area (Å²) < 4.78 is 40.3. The van der Waals surface area contributed by atoms with Gasteiger partial charge in [0.1, 0.15) is 0 Å². The van der Waals surface area contributed by atoms with Gasteiger partial charge in [-0.25, -0.2) is 0 Å². The Bertz CT molecular complexity index is 401. The molecule has 120 valence electrons. The zero-order valence-corrected chi connectivity index (χ0v) is 12.1. The van der Waals surface area contributed by atoms with E-state index in [9.17, 15) is 18.0 Å². The fourth-order valence-corrected chi connectivity index (χ4v) is 3.87. The Morgan fingerprint density at radius 2 is 1.90 bits per heavy atom. The Kier molecular flexibility index (Phi) is 3.90. The summed E-state index contributed by atoms with van der Waals surface area (Å²) in [6.45, 7) is 2.92. The van der Waals surface area contributed by atoms with Crippen LogP contribution in [0.4, 0.5) is 13.2 Å². The maximum Gasteiger partial charge on any atom is 0.404 e. The summed E-state index contributed by atoms with van der Waals surface area (Å²) in [6.07, 6.45) is -1.51. The molecular weight excluding hydrogens is 283 g/mol. The van der Waals surface area contributed by atoms with Crippen molar-refractivity contribution in [1.82, 2.24) is 15.1 Å². The molecule has 3 heterocycles. The second-order valence-electron chi connectivity index (χ2n) is 6.44. The van der Waals surface area contributed by atoms with Gasteiger partial charge in [-0.3, -0.25) is 9.69 Å². The number of nitrogens with zero attached hydrogens (tertiary/aromatic N) is 2. The van der Waals surface area contributed by atoms with Crippen molar-refractivity contribution in [2.75, 3.05) is 39.3 Å². The summed E-state index contributed by atoms with van der Waals surface area (Å²) in [4.78, 5) is 16.3. The molecular formula is C14H22F3N3O. The zero-order valence-electron chi connectivity index (χ0n) is 12.1. The first-order valence-electron chi connectivity index (χ1n) is 7.75. The number of rotatable bonds is 2. The Labute approximate surface area is 122 Å². The highest BCUT2D eigenvalue weighted by Crippen LogP contribution is 2.45. The van der Waals surface area contributed by atoms with Crippen molar-refractivity contribution in [2.24, 2.45) is 5.41 Å². The smallest absolute Gasteiger partial charge is 0.340 e. The van der Waals surface area contributed by atoms with Crippen LogP contribution in [0.15, 0.2) is 0 Å². The summed E-state index contributed by atoms with van der Waals surface area (Å²) >= 11 is 0. The minimum absolute atomic E-state index is 0.139. The van der Waals surface area contributed by atoms with E-state index >= 15 is 0 Å². The molecule has 0 bridgehead atoms. The normalized spacial score (nSPS) is 34.8. The summed E-state index contributed by atoms with van der Waals surface area (Å²) in [6, 6.07) is 0.246. The van der Waals surface area contributed by atoms with Gasteiger partial charge in [0.05, 0.1) is 0 Å². The van der Waals surface area contributed by atoms with Gasteiger partial charge in [-0.1, -0.05) is 0 Å². The molecule has 0 saturated carbocycles. The van der Waals surface area contributed by atoms with Crippen molar-refractivity contribution < 1.29 is 18.0 Å². The molecule has 0 aromatic rings. The average molecular weight is 305 g/mol. The summed E-state index contributed by atoms with van der Waals surface area (Å²) in [5, 5.41) is 2.71. The van der Waals surface area contributed by atoms with Gasteiger partial charge in [-0.2, -0.15) is 13.2 Å². The summed E-state index contributed by atoms with van der Waals surface area (Å²) in [5.74, 6) is -0.721. The molecule has 7 heteroatoms. The quantitative estimate of drug-likeness (QED) is 0.833. The van der Waals surface area contributed by atoms with Crippen LogP contribution in [0.5, 0.6) is 0 Å². The van der Waals surface area contributed by atoms with Gasteiger partial charge < -0.3 is 10.2 Å². The molecule has 3 aliphatic heterocycles. The largest absolute Gasteiger partial charge is 0.404 e. The van der Waals surface area contributed by atoms with E-state index < -0.39 is 17.5 Å². The van der Waals surface area contributed by atoms with Crippen molar-refractivity contribution in [3.8, 4) is 0 Å². The Balaban J connectivity index is 1.70. The molecule has 2 atom stereocenters. The fourth-order valence-electron chi connectivity index (χ4n) is 3.87. The first kappa shape index (κ1) is 15.1. The van der Waals surface area contributed by atoms with Gasteiger partial charge in [0.15, 0.2) is 5.41 Å². The lowest BCUT2D eigenvalue weighted by Gasteiger charge is -2.33. The number of hydrogen-bond donors (Lipinski definition) is 1. The van der Waals surface area contributed by atoms with Crippen molar-refractivity contribution in [3.63, 3.8) is 0 Å². The van der Waals surface area contributed by atoms with Crippen LogP contribution < -0.4 is 5.32 Å². The minimum atomic E-state index is -4.47. The molecule has 0 aliphatic carbocycles. The Morgan fingerprint density at radius 3 is 2.48 bits per heavy atom. The van der Waals surface area contributed by atoms with E-state index in [1.807, 2.05) is 0 Å². The Hall–Kier alpha value is -0.820. The molecule has 0 aromatic carbocycles. The number of carbonyl (C=O) groups is 1. The van der Waals surface area contributed by atoms with E-state index in [2.05, 4.69) is 10.2 Å². The van der Waals surface area contributed by atoms with Crippen LogP contribution in [0.3, 0.4) is 0 Å². The highest BCUT2D eigenvalue weighted by Gasteiger charge is 2.62. The van der Waals surface area contributed by atoms with Crippen molar-refractivity contribution in [2.45, 2.75) is 37.9 Å². The maximum absolute atomic E-state index is 13.4. The van der Waals surface area contributed by atoms with Crippen LogP contribution in [-0.4, -0.2) is 67.2 Å². The van der Waals surface area contributed by atoms with E-state index in [0.29, 0.717) is 13.1 Å². The SMILES string of the molecule is O=C(N1CCC(N2CCCC2)C1)C1(C(F)(F)F)CCNC1. The van der Waals surface area contributed by atoms with Crippen LogP contribution in [0.25, 0.3) is 0 Å². The van der Waals surface area contributed by atoms with Crippen molar-refractivity contribution in [3.05, 3.63) is 0 Å². The molecule has 3 fully saturated rings. The molecule has 3 saturated heterocycles. The van der Waals surface area contributed by atoms with Gasteiger partial charge in [0.2, 0.25) is 5.91 Å². The van der Waals surface area contributed by atoms with Gasteiger partial charge in [0.25, 0.3) is 0 Å². The molecule has 4 nitrogen and oxygen atoms in total. The number of alkyl halides is 3. The third-order valence-electron chi connectivity index (χ3n) is 5.21. The number of nitrogens with one attached hydrogen (secondary N) is 1. The van der Waals surface area contributed by atoms with Crippen LogP contribution >= 0.6 is 0 Å². The van der Waals surface area contributed by atoms with Crippen LogP contribution in [0.2, 0.25) is 0 Å². The lowest BCUT2D eigenvalue weighted by molar-refractivity contribution is -0.221. The predicted molar refractivity (Wildman–Crippen MR) is 71.8 cm³/mol. The monoisotopic (exact) mass is 305 g/mol. The molecule has 0 aromatic heterocycles. The third kappa shape index (κ3) is 2.54. The molecule has 1 N–H and O–H groups in total. The molecule has 2 unspecified atom stereocenters. The highest BCUT2D eigenvalue weighted by atomic mass is 19.4. The number of carbonyl (C=O) groups excluding carboxylic acids is 1. The number of halogens is 3. The average Bonchev–Trinajstić information content (AvgIpc) is 3.17. The topological polar surface area (TPSA) is 35.6 Å². The van der Waals surface area contributed by atoms with Crippen molar-refractivity contribution in [1.29, 1.82) is 0 Å². The Morgan fingerprint density at radius 1 is 1.19 bits per heavy atom. The standard InChI is InChI=1S/C14H22F3N3O/c15-14(16,17)13(4-5-18-10-13)12(21)20-8-3-11(9-20)19-6-1-2-7-19/h11,18H,1-10H2. The molecule has 21 heavy (non-hydrogen) atoms. The zero-order chi connectivity index (χ0) is 15.1. The maximum atomic E-state index is 13.4. The first-order chi connectivity index (χ1) is 9.94. The summed E-state index contributed by atoms with van der Waals surface area (Å²) in [7, 11) is 0. The second-order valence-corrected chi connectivity index (χ2v) is 6.44. The van der Waals surface area contributed by atoms with Gasteiger partial charge in [0, 0.05) is 25.7 Å². The van der Waals surface area contributed by atoms with Crippen LogP contribution in [-0.2, 0) is 4.79 Å². The van der Waals surface area contributed by atoms with E-state index in [1.54, 1.807) is 0 Å². The minimum Gasteiger partial charge on any atom is -0.340 e. The predicted octanol–water partition coefficient (Wildman–Crippen LogP) is 1.23. The van der Waals surface area contributed by atoms with E-state index in [-0.39, 0.29) is 25.6 Å². The summed E-state index contributed by atoms with van der Waals surface area (Å²) in [5.41, 5.74) is -2.20. The van der Waals surface area contributed by atoms with E-state index in [0.717, 1.165) is 32.4 Å². The van der Waals surface area contributed by atoms with Crippen LogP contribution in [0, 0.1) is 5.41 Å². The van der Waals surface area contributed by atoms with Gasteiger partial charge >= 0.3 is 6.18 Å². The van der Waals surface area contributed by atoms with E-state index in [1.165, 1.54) is 4.90 Å². The highest BCUT2D eigenvalue weighted by molar-refractivity contribution is 5.84.